The molecule has 0 bridgehead atoms. The number of fused-ring (bicyclic) bond motifs is 3. The van der Waals surface area contributed by atoms with Crippen molar-refractivity contribution >= 4 is 39.3 Å². The summed E-state index contributed by atoms with van der Waals surface area (Å²) in [5.41, 5.74) is 2.64. The first-order chi connectivity index (χ1) is 15.0. The molecule has 0 radical (unpaired) electrons. The fourth-order valence-electron chi connectivity index (χ4n) is 3.30. The largest absolute Gasteiger partial charge is 0.496 e. The predicted octanol–water partition coefficient (Wildman–Crippen LogP) is 5.03. The molecule has 31 heavy (non-hydrogen) atoms. The summed E-state index contributed by atoms with van der Waals surface area (Å²) in [5, 5.41) is 9.08. The van der Waals surface area contributed by atoms with E-state index in [-0.39, 0.29) is 5.91 Å². The summed E-state index contributed by atoms with van der Waals surface area (Å²) < 4.78 is 12.4. The number of benzene rings is 2. The minimum atomic E-state index is -0.754. The molecule has 0 saturated carbocycles. The van der Waals surface area contributed by atoms with Crippen LogP contribution >= 0.6 is 27.7 Å². The molecule has 1 amide bonds. The SMILES string of the molecule is C=CCSc1nnc2c(n1)O[C@H](c1ccc(OC)c(Br)c1)N(C(C)=O)c1ccccc1-2. The van der Waals surface area contributed by atoms with Crippen molar-refractivity contribution in [3.05, 3.63) is 65.2 Å². The van der Waals surface area contributed by atoms with Gasteiger partial charge in [-0.05, 0) is 40.2 Å². The molecule has 1 aromatic heterocycles. The maximum atomic E-state index is 12.8. The average molecular weight is 499 g/mol. The number of rotatable bonds is 5. The second-order valence-electron chi connectivity index (χ2n) is 6.62. The molecule has 0 spiro atoms. The Hall–Kier alpha value is -2.91. The number of amides is 1. The average Bonchev–Trinajstić information content (AvgIpc) is 2.92. The van der Waals surface area contributed by atoms with E-state index < -0.39 is 6.23 Å². The first kappa shape index (κ1) is 21.3. The highest BCUT2D eigenvalue weighted by molar-refractivity contribution is 9.10. The van der Waals surface area contributed by atoms with E-state index in [2.05, 4.69) is 37.7 Å². The smallest absolute Gasteiger partial charge is 0.247 e. The van der Waals surface area contributed by atoms with E-state index in [0.29, 0.717) is 33.9 Å². The summed E-state index contributed by atoms with van der Waals surface area (Å²) in [7, 11) is 1.60. The van der Waals surface area contributed by atoms with Gasteiger partial charge in [0.15, 0.2) is 5.69 Å². The lowest BCUT2D eigenvalue weighted by Gasteiger charge is -2.30. The molecule has 158 valence electrons. The van der Waals surface area contributed by atoms with Gasteiger partial charge in [0.1, 0.15) is 5.75 Å². The third-order valence-electron chi connectivity index (χ3n) is 4.64. The van der Waals surface area contributed by atoms with Gasteiger partial charge in [-0.2, -0.15) is 4.98 Å². The second kappa shape index (κ2) is 9.07. The Morgan fingerprint density at radius 3 is 2.84 bits per heavy atom. The molecule has 4 rings (SSSR count). The number of anilines is 1. The van der Waals surface area contributed by atoms with Crippen LogP contribution in [0.2, 0.25) is 0 Å². The second-order valence-corrected chi connectivity index (χ2v) is 8.46. The molecule has 0 fully saturated rings. The summed E-state index contributed by atoms with van der Waals surface area (Å²) in [6.07, 6.45) is 1.02. The Kier molecular flexibility index (Phi) is 6.24. The minimum absolute atomic E-state index is 0.175. The third-order valence-corrected chi connectivity index (χ3v) is 6.10. The van der Waals surface area contributed by atoms with Gasteiger partial charge in [-0.15, -0.1) is 16.8 Å². The monoisotopic (exact) mass is 498 g/mol. The summed E-state index contributed by atoms with van der Waals surface area (Å²) >= 11 is 4.92. The number of halogens is 1. The molecule has 2 aromatic carbocycles. The van der Waals surface area contributed by atoms with Gasteiger partial charge in [0.2, 0.25) is 23.2 Å². The number of aromatic nitrogens is 3. The normalized spacial score (nSPS) is 14.7. The standard InChI is InChI=1S/C22H19BrN4O3S/c1-4-11-31-22-24-20-19(25-26-22)15-7-5-6-8-17(15)27(13(2)28)21(30-20)14-9-10-18(29-3)16(23)12-14/h4-10,12,21H,1,11H2,2-3H3/t21-/m1/s1. The third kappa shape index (κ3) is 4.15. The molecule has 0 aliphatic carbocycles. The van der Waals surface area contributed by atoms with Crippen LogP contribution in [0.4, 0.5) is 5.69 Å². The van der Waals surface area contributed by atoms with E-state index in [1.807, 2.05) is 42.5 Å². The molecule has 1 atom stereocenters. The van der Waals surface area contributed by atoms with Crippen LogP contribution < -0.4 is 14.4 Å². The maximum Gasteiger partial charge on any atom is 0.247 e. The van der Waals surface area contributed by atoms with Crippen molar-refractivity contribution in [2.75, 3.05) is 17.8 Å². The summed E-state index contributed by atoms with van der Waals surface area (Å²) in [6, 6.07) is 13.1. The molecule has 1 aliphatic heterocycles. The van der Waals surface area contributed by atoms with Gasteiger partial charge in [0, 0.05) is 23.8 Å². The number of ether oxygens (including phenoxy) is 2. The van der Waals surface area contributed by atoms with Crippen LogP contribution in [0, 0.1) is 0 Å². The lowest BCUT2D eigenvalue weighted by molar-refractivity contribution is -0.118. The van der Waals surface area contributed by atoms with Crippen LogP contribution in [0.5, 0.6) is 11.6 Å². The van der Waals surface area contributed by atoms with Crippen molar-refractivity contribution in [1.29, 1.82) is 0 Å². The number of nitrogens with zero attached hydrogens (tertiary/aromatic N) is 4. The molecule has 3 aromatic rings. The van der Waals surface area contributed by atoms with Crippen molar-refractivity contribution in [3.63, 3.8) is 0 Å². The van der Waals surface area contributed by atoms with E-state index in [4.69, 9.17) is 9.47 Å². The highest BCUT2D eigenvalue weighted by atomic mass is 79.9. The van der Waals surface area contributed by atoms with E-state index in [9.17, 15) is 4.79 Å². The lowest BCUT2D eigenvalue weighted by Crippen LogP contribution is -2.36. The zero-order valence-electron chi connectivity index (χ0n) is 16.9. The Balaban J connectivity index is 1.90. The zero-order chi connectivity index (χ0) is 22.0. The molecule has 2 heterocycles. The van der Waals surface area contributed by atoms with Crippen molar-refractivity contribution in [2.45, 2.75) is 18.3 Å². The topological polar surface area (TPSA) is 77.4 Å². The van der Waals surface area contributed by atoms with Crippen LogP contribution in [0.3, 0.4) is 0 Å². The Morgan fingerprint density at radius 1 is 1.32 bits per heavy atom. The number of hydrogen-bond donors (Lipinski definition) is 0. The zero-order valence-corrected chi connectivity index (χ0v) is 19.3. The number of para-hydroxylation sites is 1. The van der Waals surface area contributed by atoms with Crippen LogP contribution in [-0.2, 0) is 4.79 Å². The van der Waals surface area contributed by atoms with Gasteiger partial charge in [0.25, 0.3) is 0 Å². The predicted molar refractivity (Wildman–Crippen MR) is 123 cm³/mol. The van der Waals surface area contributed by atoms with Crippen LogP contribution in [-0.4, -0.2) is 34.0 Å². The highest BCUT2D eigenvalue weighted by Gasteiger charge is 2.34. The van der Waals surface area contributed by atoms with E-state index in [0.717, 1.165) is 15.6 Å². The molecule has 9 heteroatoms. The van der Waals surface area contributed by atoms with Gasteiger partial charge in [-0.1, -0.05) is 36.0 Å². The van der Waals surface area contributed by atoms with E-state index in [1.165, 1.54) is 18.7 Å². The highest BCUT2D eigenvalue weighted by Crippen LogP contribution is 2.44. The Bertz CT molecular complexity index is 1160. The van der Waals surface area contributed by atoms with Crippen LogP contribution in [0.15, 0.2) is 64.7 Å². The number of methoxy groups -OCH3 is 1. The Morgan fingerprint density at radius 2 is 2.13 bits per heavy atom. The lowest BCUT2D eigenvalue weighted by atomic mass is 10.1. The fraction of sp³-hybridized carbons (Fsp3) is 0.182. The maximum absolute atomic E-state index is 12.8. The molecule has 7 nitrogen and oxygen atoms in total. The molecule has 0 N–H and O–H groups in total. The van der Waals surface area contributed by atoms with Gasteiger partial charge in [-0.25, -0.2) is 0 Å². The van der Waals surface area contributed by atoms with Crippen LogP contribution in [0.25, 0.3) is 11.3 Å². The molecule has 0 saturated heterocycles. The van der Waals surface area contributed by atoms with E-state index in [1.54, 1.807) is 18.1 Å². The van der Waals surface area contributed by atoms with Gasteiger partial charge >= 0.3 is 0 Å². The molecule has 0 unspecified atom stereocenters. The van der Waals surface area contributed by atoms with Gasteiger partial charge < -0.3 is 9.47 Å². The van der Waals surface area contributed by atoms with Gasteiger partial charge in [-0.3, -0.25) is 9.69 Å². The fourth-order valence-corrected chi connectivity index (χ4v) is 4.37. The first-order valence-electron chi connectivity index (χ1n) is 9.41. The number of carbonyl (C=O) groups excluding carboxylic acids is 1. The van der Waals surface area contributed by atoms with Crippen molar-refractivity contribution < 1.29 is 14.3 Å². The number of thioether (sulfide) groups is 1. The molecule has 1 aliphatic rings. The quantitative estimate of drug-likeness (QED) is 0.360. The summed E-state index contributed by atoms with van der Waals surface area (Å²) in [6.45, 7) is 5.23. The molecular formula is C22H19BrN4O3S. The number of carbonyl (C=O) groups is 1. The van der Waals surface area contributed by atoms with Crippen molar-refractivity contribution in [1.82, 2.24) is 15.2 Å². The van der Waals surface area contributed by atoms with Crippen molar-refractivity contribution in [2.24, 2.45) is 0 Å². The van der Waals surface area contributed by atoms with Crippen LogP contribution in [0.1, 0.15) is 18.7 Å². The van der Waals surface area contributed by atoms with Gasteiger partial charge in [0.05, 0.1) is 17.3 Å². The molecular weight excluding hydrogens is 480 g/mol. The van der Waals surface area contributed by atoms with Crippen molar-refractivity contribution in [3.8, 4) is 22.9 Å². The summed E-state index contributed by atoms with van der Waals surface area (Å²) in [4.78, 5) is 19.0. The first-order valence-corrected chi connectivity index (χ1v) is 11.2. The minimum Gasteiger partial charge on any atom is -0.496 e. The van der Waals surface area contributed by atoms with E-state index >= 15 is 0 Å². The summed E-state index contributed by atoms with van der Waals surface area (Å²) in [5.74, 6) is 1.46. The number of hydrogen-bond acceptors (Lipinski definition) is 7. The Labute approximate surface area is 192 Å².